The lowest BCUT2D eigenvalue weighted by Crippen LogP contribution is -2.41. The van der Waals surface area contributed by atoms with E-state index in [0.29, 0.717) is 23.5 Å². The number of nitrogens with zero attached hydrogens (tertiary/aromatic N) is 3. The first-order valence-corrected chi connectivity index (χ1v) is 6.48. The van der Waals surface area contributed by atoms with Crippen LogP contribution in [0.15, 0.2) is 11.0 Å². The van der Waals surface area contributed by atoms with Crippen LogP contribution >= 0.6 is 11.6 Å². The van der Waals surface area contributed by atoms with Crippen molar-refractivity contribution in [3.8, 4) is 0 Å². The molecule has 1 aromatic heterocycles. The minimum atomic E-state index is -4.51. The van der Waals surface area contributed by atoms with Gasteiger partial charge in [-0.3, -0.25) is 4.79 Å². The van der Waals surface area contributed by atoms with E-state index < -0.39 is 18.3 Å². The highest BCUT2D eigenvalue weighted by Gasteiger charge is 2.30. The van der Waals surface area contributed by atoms with Gasteiger partial charge in [-0.25, -0.2) is 4.68 Å². The maximum atomic E-state index is 12.3. The molecular formula is C11H14ClF3N4O. The molecule has 2 heterocycles. The Hall–Kier alpha value is -1.28. The van der Waals surface area contributed by atoms with Crippen LogP contribution in [0.4, 0.5) is 18.9 Å². The van der Waals surface area contributed by atoms with Gasteiger partial charge in [0.05, 0.1) is 11.9 Å². The Morgan fingerprint density at radius 2 is 2.00 bits per heavy atom. The number of alkyl halides is 3. The third kappa shape index (κ3) is 3.43. The first-order valence-electron chi connectivity index (χ1n) is 6.11. The van der Waals surface area contributed by atoms with Crippen molar-refractivity contribution in [1.29, 1.82) is 0 Å². The Balaban J connectivity index is 2.25. The molecule has 0 bridgehead atoms. The Morgan fingerprint density at radius 3 is 2.55 bits per heavy atom. The summed E-state index contributed by atoms with van der Waals surface area (Å²) in [5.41, 5.74) is 5.20. The molecule has 112 valence electrons. The van der Waals surface area contributed by atoms with Crippen molar-refractivity contribution in [2.45, 2.75) is 31.6 Å². The molecule has 1 fully saturated rings. The summed E-state index contributed by atoms with van der Waals surface area (Å²) in [4.78, 5) is 13.6. The SMILES string of the molecule is NC1CCN(c2cnn(CC(F)(F)F)c(=O)c2Cl)CC1. The number of rotatable bonds is 2. The smallest absolute Gasteiger partial charge is 0.369 e. The second-order valence-electron chi connectivity index (χ2n) is 4.75. The van der Waals surface area contributed by atoms with E-state index in [2.05, 4.69) is 5.10 Å². The summed E-state index contributed by atoms with van der Waals surface area (Å²) in [6, 6.07) is 0.101. The number of hydrogen-bond acceptors (Lipinski definition) is 4. The van der Waals surface area contributed by atoms with E-state index in [1.165, 1.54) is 6.20 Å². The average Bonchev–Trinajstić information content (AvgIpc) is 2.35. The van der Waals surface area contributed by atoms with Crippen LogP contribution in [-0.2, 0) is 6.54 Å². The van der Waals surface area contributed by atoms with Crippen molar-refractivity contribution >= 4 is 17.3 Å². The second-order valence-corrected chi connectivity index (χ2v) is 5.12. The molecular weight excluding hydrogens is 297 g/mol. The van der Waals surface area contributed by atoms with Gasteiger partial charge in [-0.2, -0.15) is 18.3 Å². The van der Waals surface area contributed by atoms with E-state index in [0.717, 1.165) is 12.8 Å². The summed E-state index contributed by atoms with van der Waals surface area (Å²) in [6.07, 6.45) is -1.84. The maximum absolute atomic E-state index is 12.3. The summed E-state index contributed by atoms with van der Waals surface area (Å²) in [5, 5.41) is 3.31. The molecule has 0 saturated carbocycles. The van der Waals surface area contributed by atoms with E-state index >= 15 is 0 Å². The molecule has 1 saturated heterocycles. The van der Waals surface area contributed by atoms with E-state index in [1.807, 2.05) is 4.90 Å². The molecule has 0 aliphatic carbocycles. The normalized spacial score (nSPS) is 17.6. The predicted molar refractivity (Wildman–Crippen MR) is 69.0 cm³/mol. The van der Waals surface area contributed by atoms with Crippen LogP contribution < -0.4 is 16.2 Å². The van der Waals surface area contributed by atoms with Crippen molar-refractivity contribution in [3.63, 3.8) is 0 Å². The molecule has 1 aliphatic heterocycles. The molecule has 0 amide bonds. The summed E-state index contributed by atoms with van der Waals surface area (Å²) >= 11 is 5.88. The number of piperidine rings is 1. The molecule has 0 aromatic carbocycles. The Bertz CT molecular complexity index is 537. The lowest BCUT2D eigenvalue weighted by atomic mass is 10.1. The number of hydrogen-bond donors (Lipinski definition) is 1. The molecule has 9 heteroatoms. The quantitative estimate of drug-likeness (QED) is 0.896. The van der Waals surface area contributed by atoms with Crippen molar-refractivity contribution in [1.82, 2.24) is 9.78 Å². The minimum absolute atomic E-state index is 0.101. The second kappa shape index (κ2) is 5.61. The number of nitrogens with two attached hydrogens (primary N) is 1. The number of aromatic nitrogens is 2. The number of halogens is 4. The highest BCUT2D eigenvalue weighted by Crippen LogP contribution is 2.25. The van der Waals surface area contributed by atoms with Crippen LogP contribution in [0.25, 0.3) is 0 Å². The highest BCUT2D eigenvalue weighted by molar-refractivity contribution is 6.33. The predicted octanol–water partition coefficient (Wildman–Crippen LogP) is 1.39. The summed E-state index contributed by atoms with van der Waals surface area (Å²) < 4.78 is 37.2. The Kier molecular flexibility index (Phi) is 4.24. The maximum Gasteiger partial charge on any atom is 0.408 e. The Labute approximate surface area is 118 Å². The fraction of sp³-hybridized carbons (Fsp3) is 0.636. The standard InChI is InChI=1S/C11H14ClF3N4O/c12-9-8(18-3-1-7(16)2-4-18)5-17-19(10(9)20)6-11(13,14)15/h5,7H,1-4,6,16H2. The number of anilines is 1. The summed E-state index contributed by atoms with van der Waals surface area (Å²) in [5.74, 6) is 0. The van der Waals surface area contributed by atoms with Gasteiger partial charge in [0.15, 0.2) is 0 Å². The van der Waals surface area contributed by atoms with Crippen LogP contribution in [0.5, 0.6) is 0 Å². The molecule has 0 radical (unpaired) electrons. The van der Waals surface area contributed by atoms with Crippen LogP contribution in [0.3, 0.4) is 0 Å². The minimum Gasteiger partial charge on any atom is -0.369 e. The van der Waals surface area contributed by atoms with Crippen LogP contribution in [0.2, 0.25) is 5.02 Å². The zero-order valence-corrected chi connectivity index (χ0v) is 11.3. The summed E-state index contributed by atoms with van der Waals surface area (Å²) in [7, 11) is 0. The van der Waals surface area contributed by atoms with Gasteiger partial charge in [0, 0.05) is 19.1 Å². The van der Waals surface area contributed by atoms with Gasteiger partial charge in [-0.05, 0) is 12.8 Å². The van der Waals surface area contributed by atoms with Crippen molar-refractivity contribution < 1.29 is 13.2 Å². The molecule has 5 nitrogen and oxygen atoms in total. The first kappa shape index (κ1) is 15.1. The largest absolute Gasteiger partial charge is 0.408 e. The highest BCUT2D eigenvalue weighted by atomic mass is 35.5. The van der Waals surface area contributed by atoms with Crippen LogP contribution in [0, 0.1) is 0 Å². The molecule has 0 atom stereocenters. The van der Waals surface area contributed by atoms with Gasteiger partial charge in [0.2, 0.25) is 0 Å². The van der Waals surface area contributed by atoms with Crippen LogP contribution in [0.1, 0.15) is 12.8 Å². The van der Waals surface area contributed by atoms with E-state index in [-0.39, 0.29) is 11.1 Å². The molecule has 0 unspecified atom stereocenters. The topological polar surface area (TPSA) is 64.2 Å². The average molecular weight is 311 g/mol. The molecule has 0 spiro atoms. The van der Waals surface area contributed by atoms with Gasteiger partial charge in [-0.15, -0.1) is 0 Å². The lowest BCUT2D eigenvalue weighted by Gasteiger charge is -2.32. The van der Waals surface area contributed by atoms with Crippen molar-refractivity contribution in [2.24, 2.45) is 5.73 Å². The molecule has 1 aromatic rings. The molecule has 1 aliphatic rings. The molecule has 20 heavy (non-hydrogen) atoms. The van der Waals surface area contributed by atoms with E-state index in [9.17, 15) is 18.0 Å². The summed E-state index contributed by atoms with van der Waals surface area (Å²) in [6.45, 7) is -0.243. The first-order chi connectivity index (χ1) is 9.28. The zero-order chi connectivity index (χ0) is 14.9. The lowest BCUT2D eigenvalue weighted by molar-refractivity contribution is -0.143. The van der Waals surface area contributed by atoms with Gasteiger partial charge < -0.3 is 10.6 Å². The zero-order valence-electron chi connectivity index (χ0n) is 10.5. The van der Waals surface area contributed by atoms with Gasteiger partial charge >= 0.3 is 6.18 Å². The molecule has 2 N–H and O–H groups in total. The van der Waals surface area contributed by atoms with Crippen molar-refractivity contribution in [2.75, 3.05) is 18.0 Å². The van der Waals surface area contributed by atoms with Gasteiger partial charge in [0.1, 0.15) is 11.6 Å². The van der Waals surface area contributed by atoms with E-state index in [4.69, 9.17) is 17.3 Å². The van der Waals surface area contributed by atoms with Crippen LogP contribution in [-0.4, -0.2) is 35.1 Å². The van der Waals surface area contributed by atoms with Gasteiger partial charge in [-0.1, -0.05) is 11.6 Å². The molecule has 2 rings (SSSR count). The van der Waals surface area contributed by atoms with Gasteiger partial charge in [0.25, 0.3) is 5.56 Å². The fourth-order valence-electron chi connectivity index (χ4n) is 2.10. The third-order valence-corrected chi connectivity index (χ3v) is 3.53. The third-order valence-electron chi connectivity index (χ3n) is 3.18. The Morgan fingerprint density at radius 1 is 1.40 bits per heavy atom. The monoisotopic (exact) mass is 310 g/mol. The van der Waals surface area contributed by atoms with Crippen molar-refractivity contribution in [3.05, 3.63) is 21.6 Å². The van der Waals surface area contributed by atoms with E-state index in [1.54, 1.807) is 0 Å². The fourth-order valence-corrected chi connectivity index (χ4v) is 2.37.